The molecule has 84 valence electrons. The highest BCUT2D eigenvalue weighted by Crippen LogP contribution is 2.23. The molecule has 1 aromatic heterocycles. The number of aliphatic hydroxyl groups excluding tert-OH is 1. The largest absolute Gasteiger partial charge is 0.388 e. The number of hydrogen-bond donors (Lipinski definition) is 2. The van der Waals surface area contributed by atoms with Crippen LogP contribution in [0.4, 0.5) is 4.39 Å². The standard InChI is InChI=1S/C10H10FN3OS/c11-7-3-1-2-4-8(7)16-6-10-12-9(5-15)13-14-10/h1-4,15H,5-6H2,(H,12,13,14). The fourth-order valence-electron chi connectivity index (χ4n) is 1.18. The summed E-state index contributed by atoms with van der Waals surface area (Å²) >= 11 is 1.33. The molecule has 0 bridgehead atoms. The maximum absolute atomic E-state index is 13.3. The third kappa shape index (κ3) is 2.59. The van der Waals surface area contributed by atoms with Gasteiger partial charge >= 0.3 is 0 Å². The maximum atomic E-state index is 13.3. The van der Waals surface area contributed by atoms with Crippen LogP contribution in [0.5, 0.6) is 0 Å². The summed E-state index contributed by atoms with van der Waals surface area (Å²) in [6.45, 7) is -0.194. The molecular weight excluding hydrogens is 229 g/mol. The number of H-pyrrole nitrogens is 1. The van der Waals surface area contributed by atoms with E-state index in [1.165, 1.54) is 17.8 Å². The Hall–Kier alpha value is -1.40. The van der Waals surface area contributed by atoms with Gasteiger partial charge in [0.25, 0.3) is 0 Å². The van der Waals surface area contributed by atoms with E-state index in [4.69, 9.17) is 5.11 Å². The van der Waals surface area contributed by atoms with E-state index in [1.54, 1.807) is 18.2 Å². The van der Waals surface area contributed by atoms with Crippen molar-refractivity contribution in [3.63, 3.8) is 0 Å². The quantitative estimate of drug-likeness (QED) is 0.798. The minimum Gasteiger partial charge on any atom is -0.388 e. The van der Waals surface area contributed by atoms with Gasteiger partial charge in [-0.05, 0) is 12.1 Å². The van der Waals surface area contributed by atoms with Crippen LogP contribution >= 0.6 is 11.8 Å². The second-order valence-electron chi connectivity index (χ2n) is 3.08. The first kappa shape index (κ1) is 11.1. The van der Waals surface area contributed by atoms with Crippen LogP contribution < -0.4 is 0 Å². The zero-order valence-corrected chi connectivity index (χ0v) is 9.17. The van der Waals surface area contributed by atoms with E-state index < -0.39 is 0 Å². The Morgan fingerprint density at radius 3 is 2.88 bits per heavy atom. The number of aromatic amines is 1. The number of nitrogens with one attached hydrogen (secondary N) is 1. The highest BCUT2D eigenvalue weighted by Gasteiger charge is 2.05. The van der Waals surface area contributed by atoms with Crippen LogP contribution in [-0.4, -0.2) is 20.3 Å². The SMILES string of the molecule is OCc1n[nH]c(CSc2ccccc2F)n1. The molecule has 1 aromatic carbocycles. The van der Waals surface area contributed by atoms with Crippen LogP contribution in [0.15, 0.2) is 29.2 Å². The Morgan fingerprint density at radius 2 is 2.19 bits per heavy atom. The first-order valence-electron chi connectivity index (χ1n) is 4.68. The minimum atomic E-state index is -0.241. The lowest BCUT2D eigenvalue weighted by Gasteiger charge is -1.99. The molecular formula is C10H10FN3OS. The molecule has 0 unspecified atom stereocenters. The predicted octanol–water partition coefficient (Wildman–Crippen LogP) is 1.73. The average molecular weight is 239 g/mol. The third-order valence-corrected chi connectivity index (χ3v) is 2.98. The Balaban J connectivity index is 1.99. The summed E-state index contributed by atoms with van der Waals surface area (Å²) in [6, 6.07) is 6.56. The van der Waals surface area contributed by atoms with E-state index in [9.17, 15) is 4.39 Å². The Kier molecular flexibility index (Phi) is 3.53. The molecule has 0 aliphatic carbocycles. The van der Waals surface area contributed by atoms with Crippen molar-refractivity contribution >= 4 is 11.8 Å². The summed E-state index contributed by atoms with van der Waals surface area (Å²) in [6.07, 6.45) is 0. The molecule has 2 aromatic rings. The lowest BCUT2D eigenvalue weighted by molar-refractivity contribution is 0.272. The second kappa shape index (κ2) is 5.09. The number of thioether (sulfide) groups is 1. The average Bonchev–Trinajstić information content (AvgIpc) is 2.76. The zero-order chi connectivity index (χ0) is 11.4. The molecule has 2 N–H and O–H groups in total. The van der Waals surface area contributed by atoms with Gasteiger partial charge in [0, 0.05) is 4.90 Å². The maximum Gasteiger partial charge on any atom is 0.176 e. The van der Waals surface area contributed by atoms with Gasteiger partial charge in [-0.15, -0.1) is 11.8 Å². The summed E-state index contributed by atoms with van der Waals surface area (Å²) in [4.78, 5) is 4.59. The molecule has 0 saturated carbocycles. The number of hydrogen-bond acceptors (Lipinski definition) is 4. The lowest BCUT2D eigenvalue weighted by atomic mass is 10.3. The third-order valence-electron chi connectivity index (χ3n) is 1.92. The van der Waals surface area contributed by atoms with Crippen molar-refractivity contribution < 1.29 is 9.50 Å². The van der Waals surface area contributed by atoms with Crippen LogP contribution in [0.2, 0.25) is 0 Å². The minimum absolute atomic E-state index is 0.194. The summed E-state index contributed by atoms with van der Waals surface area (Å²) in [7, 11) is 0. The van der Waals surface area contributed by atoms with Crippen molar-refractivity contribution in [2.24, 2.45) is 0 Å². The summed E-state index contributed by atoms with van der Waals surface area (Å²) < 4.78 is 13.3. The van der Waals surface area contributed by atoms with Crippen LogP contribution in [0.3, 0.4) is 0 Å². The molecule has 1 heterocycles. The fourth-order valence-corrected chi connectivity index (χ4v) is 1.98. The molecule has 0 atom stereocenters. The number of rotatable bonds is 4. The first-order valence-corrected chi connectivity index (χ1v) is 5.66. The fraction of sp³-hybridized carbons (Fsp3) is 0.200. The zero-order valence-electron chi connectivity index (χ0n) is 8.35. The summed E-state index contributed by atoms with van der Waals surface area (Å²) in [5.74, 6) is 1.23. The van der Waals surface area contributed by atoms with Gasteiger partial charge in [0.2, 0.25) is 0 Å². The van der Waals surface area contributed by atoms with E-state index in [2.05, 4.69) is 15.2 Å². The highest BCUT2D eigenvalue weighted by atomic mass is 32.2. The molecule has 0 fully saturated rings. The van der Waals surface area contributed by atoms with Gasteiger partial charge in [-0.1, -0.05) is 12.1 Å². The van der Waals surface area contributed by atoms with Gasteiger partial charge in [0.15, 0.2) is 5.82 Å². The molecule has 16 heavy (non-hydrogen) atoms. The Morgan fingerprint density at radius 1 is 1.38 bits per heavy atom. The predicted molar refractivity (Wildman–Crippen MR) is 58.3 cm³/mol. The molecule has 0 radical (unpaired) electrons. The van der Waals surface area contributed by atoms with Gasteiger partial charge in [0.1, 0.15) is 18.2 Å². The van der Waals surface area contributed by atoms with E-state index >= 15 is 0 Å². The van der Waals surface area contributed by atoms with E-state index in [0.29, 0.717) is 22.3 Å². The number of benzene rings is 1. The van der Waals surface area contributed by atoms with Crippen molar-refractivity contribution in [2.45, 2.75) is 17.3 Å². The van der Waals surface area contributed by atoms with Crippen molar-refractivity contribution in [3.8, 4) is 0 Å². The van der Waals surface area contributed by atoms with Gasteiger partial charge < -0.3 is 5.11 Å². The molecule has 2 rings (SSSR count). The van der Waals surface area contributed by atoms with Crippen LogP contribution in [0.1, 0.15) is 11.6 Å². The van der Waals surface area contributed by atoms with Crippen molar-refractivity contribution in [3.05, 3.63) is 41.7 Å². The topological polar surface area (TPSA) is 61.8 Å². The number of nitrogens with zero attached hydrogens (tertiary/aromatic N) is 2. The summed E-state index contributed by atoms with van der Waals surface area (Å²) in [5.41, 5.74) is 0. The number of aliphatic hydroxyl groups is 1. The van der Waals surface area contributed by atoms with E-state index in [1.807, 2.05) is 0 Å². The molecule has 4 nitrogen and oxygen atoms in total. The van der Waals surface area contributed by atoms with Crippen molar-refractivity contribution in [1.82, 2.24) is 15.2 Å². The normalized spacial score (nSPS) is 10.6. The molecule has 0 aliphatic rings. The second-order valence-corrected chi connectivity index (χ2v) is 4.09. The smallest absolute Gasteiger partial charge is 0.176 e. The van der Waals surface area contributed by atoms with E-state index in [0.717, 1.165) is 0 Å². The highest BCUT2D eigenvalue weighted by molar-refractivity contribution is 7.98. The summed E-state index contributed by atoms with van der Waals surface area (Å²) in [5, 5.41) is 15.2. The Bertz CT molecular complexity index is 475. The number of aromatic nitrogens is 3. The molecule has 0 spiro atoms. The monoisotopic (exact) mass is 239 g/mol. The molecule has 0 amide bonds. The van der Waals surface area contributed by atoms with Crippen LogP contribution in [0.25, 0.3) is 0 Å². The van der Waals surface area contributed by atoms with E-state index in [-0.39, 0.29) is 12.4 Å². The Labute approximate surface area is 95.9 Å². The van der Waals surface area contributed by atoms with Crippen molar-refractivity contribution in [1.29, 1.82) is 0 Å². The first-order chi connectivity index (χ1) is 7.79. The van der Waals surface area contributed by atoms with Gasteiger partial charge in [0.05, 0.1) is 5.75 Å². The van der Waals surface area contributed by atoms with Crippen molar-refractivity contribution in [2.75, 3.05) is 0 Å². The van der Waals surface area contributed by atoms with Gasteiger partial charge in [-0.3, -0.25) is 5.10 Å². The van der Waals surface area contributed by atoms with Gasteiger partial charge in [-0.2, -0.15) is 5.10 Å². The lowest BCUT2D eigenvalue weighted by Crippen LogP contribution is -1.87. The van der Waals surface area contributed by atoms with Gasteiger partial charge in [-0.25, -0.2) is 9.37 Å². The van der Waals surface area contributed by atoms with Crippen LogP contribution in [-0.2, 0) is 12.4 Å². The molecule has 6 heteroatoms. The number of halogens is 1. The molecule has 0 aliphatic heterocycles. The van der Waals surface area contributed by atoms with Crippen LogP contribution in [0, 0.1) is 5.82 Å². The molecule has 0 saturated heterocycles.